The first-order valence-corrected chi connectivity index (χ1v) is 7.73. The van der Waals surface area contributed by atoms with Crippen LogP contribution in [0.2, 0.25) is 0 Å². The van der Waals surface area contributed by atoms with Crippen molar-refractivity contribution in [3.8, 4) is 0 Å². The molecule has 1 aromatic rings. The fraction of sp³-hybridized carbons (Fsp3) is 0.765. The van der Waals surface area contributed by atoms with Gasteiger partial charge < -0.3 is 14.3 Å². The zero-order valence-electron chi connectivity index (χ0n) is 13.0. The van der Waals surface area contributed by atoms with E-state index in [1.165, 1.54) is 0 Å². The predicted molar refractivity (Wildman–Crippen MR) is 77.4 cm³/mol. The minimum atomic E-state index is -0.678. The largest absolute Gasteiger partial charge is 0.472 e. The Morgan fingerprint density at radius 2 is 2.05 bits per heavy atom. The standard InChI is InChI=1S/C17H26O3/c1-5-20-15-12-7-16(2,3)8-14(12)17(4,18)6-11-9-19-10-13(11)15/h9-10,12,14-15,18H,5-8H2,1-4H3/t12-,14+,15+,17+/m1/s1. The van der Waals surface area contributed by atoms with Gasteiger partial charge in [0.05, 0.1) is 24.2 Å². The SMILES string of the molecule is CCO[C@@H]1c2cocc2C[C@](C)(O)[C@H]2CC(C)(C)C[C@@H]12. The highest BCUT2D eigenvalue weighted by Gasteiger charge is 2.53. The van der Waals surface area contributed by atoms with Crippen molar-refractivity contribution in [2.75, 3.05) is 6.61 Å². The number of rotatable bonds is 2. The van der Waals surface area contributed by atoms with Crippen molar-refractivity contribution in [3.63, 3.8) is 0 Å². The molecule has 2 aliphatic carbocycles. The zero-order chi connectivity index (χ0) is 14.5. The molecule has 3 rings (SSSR count). The van der Waals surface area contributed by atoms with E-state index in [-0.39, 0.29) is 11.5 Å². The molecule has 4 atom stereocenters. The van der Waals surface area contributed by atoms with Gasteiger partial charge in [0.2, 0.25) is 0 Å². The Morgan fingerprint density at radius 3 is 2.75 bits per heavy atom. The third-order valence-corrected chi connectivity index (χ3v) is 5.24. The topological polar surface area (TPSA) is 42.6 Å². The van der Waals surface area contributed by atoms with E-state index in [1.807, 2.05) is 20.1 Å². The van der Waals surface area contributed by atoms with Gasteiger partial charge in [-0.15, -0.1) is 0 Å². The normalized spacial score (nSPS) is 39.1. The molecule has 20 heavy (non-hydrogen) atoms. The van der Waals surface area contributed by atoms with Gasteiger partial charge in [0.15, 0.2) is 0 Å². The highest BCUT2D eigenvalue weighted by Crippen LogP contribution is 2.57. The van der Waals surface area contributed by atoms with Crippen LogP contribution < -0.4 is 0 Å². The number of furan rings is 1. The quantitative estimate of drug-likeness (QED) is 0.896. The van der Waals surface area contributed by atoms with E-state index in [2.05, 4.69) is 13.8 Å². The minimum absolute atomic E-state index is 0.0644. The first-order valence-electron chi connectivity index (χ1n) is 7.73. The first-order chi connectivity index (χ1) is 9.34. The second-order valence-electron chi connectivity index (χ2n) is 7.61. The lowest BCUT2D eigenvalue weighted by Crippen LogP contribution is -2.39. The summed E-state index contributed by atoms with van der Waals surface area (Å²) in [5.41, 5.74) is 1.86. The van der Waals surface area contributed by atoms with Crippen LogP contribution in [0.5, 0.6) is 0 Å². The summed E-state index contributed by atoms with van der Waals surface area (Å²) in [5, 5.41) is 11.0. The van der Waals surface area contributed by atoms with Crippen molar-refractivity contribution in [3.05, 3.63) is 23.7 Å². The molecule has 0 unspecified atom stereocenters. The summed E-state index contributed by atoms with van der Waals surface area (Å²) >= 11 is 0. The van der Waals surface area contributed by atoms with Gasteiger partial charge >= 0.3 is 0 Å². The van der Waals surface area contributed by atoms with E-state index in [0.717, 1.165) is 24.0 Å². The summed E-state index contributed by atoms with van der Waals surface area (Å²) < 4.78 is 11.5. The van der Waals surface area contributed by atoms with E-state index < -0.39 is 5.60 Å². The Kier molecular flexibility index (Phi) is 3.26. The molecular formula is C17H26O3. The van der Waals surface area contributed by atoms with Gasteiger partial charge in [0, 0.05) is 18.6 Å². The molecule has 3 nitrogen and oxygen atoms in total. The van der Waals surface area contributed by atoms with Crippen molar-refractivity contribution in [2.45, 2.75) is 58.7 Å². The summed E-state index contributed by atoms with van der Waals surface area (Å²) in [6.07, 6.45) is 6.49. The second-order valence-corrected chi connectivity index (χ2v) is 7.61. The van der Waals surface area contributed by atoms with Gasteiger partial charge in [-0.2, -0.15) is 0 Å². The first kappa shape index (κ1) is 14.2. The number of ether oxygens (including phenoxy) is 1. The van der Waals surface area contributed by atoms with Crippen molar-refractivity contribution in [1.82, 2.24) is 0 Å². The van der Waals surface area contributed by atoms with E-state index in [0.29, 0.717) is 24.9 Å². The lowest BCUT2D eigenvalue weighted by molar-refractivity contribution is -0.0575. The Labute approximate surface area is 121 Å². The van der Waals surface area contributed by atoms with Crippen LogP contribution in [-0.2, 0) is 11.2 Å². The maximum Gasteiger partial charge on any atom is 0.0963 e. The Bertz CT molecular complexity index is 486. The molecule has 1 fully saturated rings. The molecule has 1 saturated carbocycles. The van der Waals surface area contributed by atoms with Gasteiger partial charge in [0.1, 0.15) is 0 Å². The molecule has 0 bridgehead atoms. The molecular weight excluding hydrogens is 252 g/mol. The number of hydrogen-bond donors (Lipinski definition) is 1. The molecule has 0 saturated heterocycles. The highest BCUT2D eigenvalue weighted by molar-refractivity contribution is 5.30. The van der Waals surface area contributed by atoms with E-state index in [9.17, 15) is 5.11 Å². The molecule has 3 heteroatoms. The second kappa shape index (κ2) is 4.60. The molecule has 0 amide bonds. The van der Waals surface area contributed by atoms with E-state index in [4.69, 9.17) is 9.15 Å². The summed E-state index contributed by atoms with van der Waals surface area (Å²) in [5.74, 6) is 0.667. The van der Waals surface area contributed by atoms with Crippen LogP contribution in [0.4, 0.5) is 0 Å². The molecule has 0 aromatic carbocycles. The van der Waals surface area contributed by atoms with Crippen LogP contribution in [-0.4, -0.2) is 17.3 Å². The van der Waals surface area contributed by atoms with Gasteiger partial charge in [-0.1, -0.05) is 13.8 Å². The molecule has 0 radical (unpaired) electrons. The van der Waals surface area contributed by atoms with Crippen molar-refractivity contribution >= 4 is 0 Å². The van der Waals surface area contributed by atoms with Crippen LogP contribution in [0, 0.1) is 17.3 Å². The van der Waals surface area contributed by atoms with Crippen molar-refractivity contribution in [2.24, 2.45) is 17.3 Å². The highest BCUT2D eigenvalue weighted by atomic mass is 16.5. The van der Waals surface area contributed by atoms with Gasteiger partial charge in [-0.3, -0.25) is 0 Å². The van der Waals surface area contributed by atoms with Crippen LogP contribution in [0.3, 0.4) is 0 Å². The monoisotopic (exact) mass is 278 g/mol. The van der Waals surface area contributed by atoms with Gasteiger partial charge in [-0.25, -0.2) is 0 Å². The molecule has 0 spiro atoms. The van der Waals surface area contributed by atoms with Crippen molar-refractivity contribution < 1.29 is 14.3 Å². The van der Waals surface area contributed by atoms with Crippen LogP contribution in [0.15, 0.2) is 16.9 Å². The lowest BCUT2D eigenvalue weighted by Gasteiger charge is -2.34. The Balaban J connectivity index is 2.05. The molecule has 0 aliphatic heterocycles. The summed E-state index contributed by atoms with van der Waals surface area (Å²) in [4.78, 5) is 0. The third kappa shape index (κ3) is 2.21. The molecule has 1 heterocycles. The van der Waals surface area contributed by atoms with Crippen molar-refractivity contribution in [1.29, 1.82) is 0 Å². The molecule has 1 aromatic heterocycles. The Hall–Kier alpha value is -0.800. The predicted octanol–water partition coefficient (Wildman–Crippen LogP) is 3.72. The third-order valence-electron chi connectivity index (χ3n) is 5.24. The average Bonchev–Trinajstić information content (AvgIpc) is 2.88. The van der Waals surface area contributed by atoms with E-state index >= 15 is 0 Å². The average molecular weight is 278 g/mol. The minimum Gasteiger partial charge on any atom is -0.472 e. The van der Waals surface area contributed by atoms with Crippen LogP contribution >= 0.6 is 0 Å². The smallest absolute Gasteiger partial charge is 0.0963 e. The maximum absolute atomic E-state index is 11.0. The summed E-state index contributed by atoms with van der Waals surface area (Å²) in [6.45, 7) is 9.32. The van der Waals surface area contributed by atoms with Gasteiger partial charge in [-0.05, 0) is 49.5 Å². The summed E-state index contributed by atoms with van der Waals surface area (Å²) in [6, 6.07) is 0. The molecule has 1 N–H and O–H groups in total. The molecule has 112 valence electrons. The maximum atomic E-state index is 11.0. The Morgan fingerprint density at radius 1 is 1.30 bits per heavy atom. The van der Waals surface area contributed by atoms with Crippen LogP contribution in [0.1, 0.15) is 57.8 Å². The van der Waals surface area contributed by atoms with Gasteiger partial charge in [0.25, 0.3) is 0 Å². The zero-order valence-corrected chi connectivity index (χ0v) is 13.0. The number of hydrogen-bond acceptors (Lipinski definition) is 3. The fourth-order valence-electron chi connectivity index (χ4n) is 4.48. The number of aliphatic hydroxyl groups is 1. The molecule has 2 aliphatic rings. The van der Waals surface area contributed by atoms with E-state index in [1.54, 1.807) is 6.26 Å². The lowest BCUT2D eigenvalue weighted by atomic mass is 9.78. The number of fused-ring (bicyclic) bond motifs is 2. The van der Waals surface area contributed by atoms with Crippen LogP contribution in [0.25, 0.3) is 0 Å². The summed E-state index contributed by atoms with van der Waals surface area (Å²) in [7, 11) is 0. The fourth-order valence-corrected chi connectivity index (χ4v) is 4.48.